The van der Waals surface area contributed by atoms with E-state index in [9.17, 15) is 9.90 Å². The molecule has 1 aliphatic rings. The van der Waals surface area contributed by atoms with Crippen molar-refractivity contribution in [3.8, 4) is 0 Å². The molecule has 0 spiro atoms. The van der Waals surface area contributed by atoms with E-state index in [1.165, 1.54) is 11.1 Å². The largest absolute Gasteiger partial charge is 0.503 e. The SMILES string of the molecule is CCc1ccc([C@H]2C(c3ccccc3)=C(O)C(=O)N2Cc2ccc(C)cc2)cc1. The summed E-state index contributed by atoms with van der Waals surface area (Å²) in [6.07, 6.45) is 0.962. The molecule has 1 aliphatic heterocycles. The molecule has 1 amide bonds. The van der Waals surface area contributed by atoms with Crippen molar-refractivity contribution in [3.05, 3.63) is 112 Å². The van der Waals surface area contributed by atoms with Crippen molar-refractivity contribution < 1.29 is 9.90 Å². The third kappa shape index (κ3) is 3.68. The summed E-state index contributed by atoms with van der Waals surface area (Å²) in [7, 11) is 0. The summed E-state index contributed by atoms with van der Waals surface area (Å²) in [5.41, 5.74) is 6.02. The fourth-order valence-corrected chi connectivity index (χ4v) is 3.90. The van der Waals surface area contributed by atoms with Crippen LogP contribution < -0.4 is 0 Å². The minimum atomic E-state index is -0.325. The van der Waals surface area contributed by atoms with Gasteiger partial charge in [-0.05, 0) is 35.6 Å². The first kappa shape index (κ1) is 19.0. The van der Waals surface area contributed by atoms with Gasteiger partial charge in [-0.25, -0.2) is 0 Å². The van der Waals surface area contributed by atoms with Gasteiger partial charge in [0.1, 0.15) is 0 Å². The van der Waals surface area contributed by atoms with Gasteiger partial charge in [0.15, 0.2) is 5.76 Å². The summed E-state index contributed by atoms with van der Waals surface area (Å²) < 4.78 is 0. The minimum absolute atomic E-state index is 0.159. The fraction of sp³-hybridized carbons (Fsp3) is 0.192. The van der Waals surface area contributed by atoms with E-state index < -0.39 is 0 Å². The third-order valence-electron chi connectivity index (χ3n) is 5.57. The number of carbonyl (C=O) groups excluding carboxylic acids is 1. The van der Waals surface area contributed by atoms with Gasteiger partial charge in [-0.3, -0.25) is 4.79 Å². The molecule has 29 heavy (non-hydrogen) atoms. The molecule has 1 heterocycles. The first-order chi connectivity index (χ1) is 14.1. The monoisotopic (exact) mass is 383 g/mol. The number of aryl methyl sites for hydroxylation is 2. The zero-order chi connectivity index (χ0) is 20.4. The van der Waals surface area contributed by atoms with Gasteiger partial charge in [-0.1, -0.05) is 91.3 Å². The molecule has 3 heteroatoms. The highest BCUT2D eigenvalue weighted by Crippen LogP contribution is 2.43. The molecule has 3 nitrogen and oxygen atoms in total. The van der Waals surface area contributed by atoms with Crippen LogP contribution in [0.2, 0.25) is 0 Å². The molecule has 0 aliphatic carbocycles. The Morgan fingerprint density at radius 1 is 0.862 bits per heavy atom. The Bertz CT molecular complexity index is 1030. The van der Waals surface area contributed by atoms with Crippen molar-refractivity contribution in [1.29, 1.82) is 0 Å². The fourth-order valence-electron chi connectivity index (χ4n) is 3.90. The lowest BCUT2D eigenvalue weighted by molar-refractivity contribution is -0.130. The summed E-state index contributed by atoms with van der Waals surface area (Å²) >= 11 is 0. The number of amides is 1. The average Bonchev–Trinajstić information content (AvgIpc) is 3.01. The van der Waals surface area contributed by atoms with Gasteiger partial charge in [-0.15, -0.1) is 0 Å². The zero-order valence-corrected chi connectivity index (χ0v) is 16.8. The summed E-state index contributed by atoms with van der Waals surface area (Å²) in [5.74, 6) is -0.484. The summed E-state index contributed by atoms with van der Waals surface area (Å²) in [6.45, 7) is 4.61. The number of rotatable bonds is 5. The molecular formula is C26H25NO2. The first-order valence-corrected chi connectivity index (χ1v) is 10.0. The molecule has 1 N–H and O–H groups in total. The second-order valence-corrected chi connectivity index (χ2v) is 7.54. The maximum absolute atomic E-state index is 13.1. The van der Waals surface area contributed by atoms with Crippen molar-refractivity contribution in [2.45, 2.75) is 32.9 Å². The number of carbonyl (C=O) groups is 1. The van der Waals surface area contributed by atoms with Crippen molar-refractivity contribution in [3.63, 3.8) is 0 Å². The number of aliphatic hydroxyl groups excluding tert-OH is 1. The molecule has 0 unspecified atom stereocenters. The van der Waals surface area contributed by atoms with Gasteiger partial charge in [0.25, 0.3) is 5.91 Å². The lowest BCUT2D eigenvalue weighted by atomic mass is 9.92. The van der Waals surface area contributed by atoms with Crippen LogP contribution in [0, 0.1) is 6.92 Å². The van der Waals surface area contributed by atoms with Crippen molar-refractivity contribution >= 4 is 11.5 Å². The number of benzene rings is 3. The Balaban J connectivity index is 1.79. The molecule has 1 atom stereocenters. The smallest absolute Gasteiger partial charge is 0.290 e. The van der Waals surface area contributed by atoms with E-state index in [0.29, 0.717) is 12.1 Å². The molecule has 0 aromatic heterocycles. The Morgan fingerprint density at radius 2 is 1.48 bits per heavy atom. The van der Waals surface area contributed by atoms with Crippen LogP contribution in [-0.4, -0.2) is 15.9 Å². The normalized spacial score (nSPS) is 16.6. The molecule has 0 saturated heterocycles. The Kier molecular flexibility index (Phi) is 5.22. The Labute approximate surface area is 171 Å². The zero-order valence-electron chi connectivity index (χ0n) is 16.8. The highest BCUT2D eigenvalue weighted by atomic mass is 16.3. The molecule has 0 radical (unpaired) electrons. The van der Waals surface area contributed by atoms with Crippen LogP contribution in [0.5, 0.6) is 0 Å². The highest BCUT2D eigenvalue weighted by Gasteiger charge is 2.40. The van der Waals surface area contributed by atoms with E-state index in [-0.39, 0.29) is 17.7 Å². The van der Waals surface area contributed by atoms with Gasteiger partial charge in [0.2, 0.25) is 0 Å². The standard InChI is InChI=1S/C26H25NO2/c1-3-19-13-15-22(16-14-19)24-23(21-7-5-4-6-8-21)25(28)26(29)27(24)17-20-11-9-18(2)10-12-20/h4-16,24,28H,3,17H2,1-2H3/t24-/m0/s1. The number of aliphatic hydroxyl groups is 1. The third-order valence-corrected chi connectivity index (χ3v) is 5.57. The van der Waals surface area contributed by atoms with Crippen LogP contribution in [0.3, 0.4) is 0 Å². The highest BCUT2D eigenvalue weighted by molar-refractivity contribution is 6.05. The first-order valence-electron chi connectivity index (χ1n) is 10.0. The Hall–Kier alpha value is -3.33. The second-order valence-electron chi connectivity index (χ2n) is 7.54. The van der Waals surface area contributed by atoms with E-state index in [1.807, 2.05) is 61.5 Å². The van der Waals surface area contributed by atoms with Gasteiger partial charge in [0.05, 0.1) is 6.04 Å². The van der Waals surface area contributed by atoms with Crippen LogP contribution >= 0.6 is 0 Å². The van der Waals surface area contributed by atoms with E-state index in [0.717, 1.165) is 23.1 Å². The molecule has 146 valence electrons. The van der Waals surface area contributed by atoms with E-state index in [2.05, 4.69) is 31.2 Å². The minimum Gasteiger partial charge on any atom is -0.503 e. The second kappa shape index (κ2) is 7.96. The van der Waals surface area contributed by atoms with E-state index in [4.69, 9.17) is 0 Å². The predicted molar refractivity (Wildman–Crippen MR) is 116 cm³/mol. The number of hydrogen-bond acceptors (Lipinski definition) is 2. The van der Waals surface area contributed by atoms with Gasteiger partial charge >= 0.3 is 0 Å². The van der Waals surface area contributed by atoms with Crippen molar-refractivity contribution in [1.82, 2.24) is 4.90 Å². The van der Waals surface area contributed by atoms with E-state index >= 15 is 0 Å². The maximum Gasteiger partial charge on any atom is 0.290 e. The predicted octanol–water partition coefficient (Wildman–Crippen LogP) is 5.61. The summed E-state index contributed by atoms with van der Waals surface area (Å²) in [6, 6.07) is 25.9. The van der Waals surface area contributed by atoms with Crippen LogP contribution in [0.1, 0.15) is 40.8 Å². The maximum atomic E-state index is 13.1. The topological polar surface area (TPSA) is 40.5 Å². The molecular weight excluding hydrogens is 358 g/mol. The van der Waals surface area contributed by atoms with Gasteiger partial charge in [0, 0.05) is 12.1 Å². The quantitative estimate of drug-likeness (QED) is 0.622. The number of hydrogen-bond donors (Lipinski definition) is 1. The van der Waals surface area contributed by atoms with Gasteiger partial charge in [-0.2, -0.15) is 0 Å². The van der Waals surface area contributed by atoms with Crippen LogP contribution in [0.25, 0.3) is 5.57 Å². The molecule has 0 bridgehead atoms. The van der Waals surface area contributed by atoms with Crippen molar-refractivity contribution in [2.75, 3.05) is 0 Å². The molecule has 4 rings (SSSR count). The molecule has 0 fully saturated rings. The van der Waals surface area contributed by atoms with Crippen LogP contribution in [0.15, 0.2) is 84.6 Å². The van der Waals surface area contributed by atoms with Crippen LogP contribution in [0.4, 0.5) is 0 Å². The number of nitrogens with zero attached hydrogens (tertiary/aromatic N) is 1. The molecule has 0 saturated carbocycles. The summed E-state index contributed by atoms with van der Waals surface area (Å²) in [4.78, 5) is 14.9. The van der Waals surface area contributed by atoms with E-state index in [1.54, 1.807) is 4.90 Å². The lowest BCUT2D eigenvalue weighted by Crippen LogP contribution is -2.29. The van der Waals surface area contributed by atoms with Crippen LogP contribution in [-0.2, 0) is 17.8 Å². The lowest BCUT2D eigenvalue weighted by Gasteiger charge is -2.27. The van der Waals surface area contributed by atoms with Gasteiger partial charge < -0.3 is 10.0 Å². The summed E-state index contributed by atoms with van der Waals surface area (Å²) in [5, 5.41) is 10.8. The van der Waals surface area contributed by atoms with Crippen molar-refractivity contribution in [2.24, 2.45) is 0 Å². The molecule has 3 aromatic rings. The average molecular weight is 383 g/mol. The molecule has 3 aromatic carbocycles. The Morgan fingerprint density at radius 3 is 2.10 bits per heavy atom.